The number of ether oxygens (including phenoxy) is 1. The summed E-state index contributed by atoms with van der Waals surface area (Å²) in [4.78, 5) is 5.09. The Hall–Kier alpha value is -2.68. The first kappa shape index (κ1) is 12.4. The summed E-state index contributed by atoms with van der Waals surface area (Å²) in [5, 5.41) is 0. The Morgan fingerprint density at radius 2 is 1.50 bits per heavy atom. The van der Waals surface area contributed by atoms with Gasteiger partial charge in [-0.2, -0.15) is 0 Å². The molecule has 20 heavy (non-hydrogen) atoms. The summed E-state index contributed by atoms with van der Waals surface area (Å²) < 4.78 is 5.34. The molecule has 2 aliphatic rings. The van der Waals surface area contributed by atoms with E-state index in [4.69, 9.17) is 9.57 Å². The summed E-state index contributed by atoms with van der Waals surface area (Å²) in [6.07, 6.45) is 7.84. The second-order valence-corrected chi connectivity index (χ2v) is 4.34. The zero-order valence-corrected chi connectivity index (χ0v) is 11.0. The zero-order valence-electron chi connectivity index (χ0n) is 11.0. The van der Waals surface area contributed by atoms with Crippen LogP contribution in [0.4, 0.5) is 0 Å². The first-order valence-corrected chi connectivity index (χ1v) is 6.50. The van der Waals surface area contributed by atoms with E-state index in [2.05, 4.69) is 11.6 Å². The molecule has 2 heterocycles. The minimum Gasteiger partial charge on any atom is -0.489 e. The van der Waals surface area contributed by atoms with Crippen LogP contribution in [0.25, 0.3) is 12.2 Å². The van der Waals surface area contributed by atoms with Gasteiger partial charge in [-0.25, -0.2) is 5.48 Å². The number of nitrogens with one attached hydrogen (secondary N) is 1. The standard InChI is InChI=1S/C9H8O.C8H7NO/c1-2-6-9-8(4-1)5-3-7-10-9;1-2-4-8-7(3-1)5-6-9-10-8/h1-6H,7H2;1-6,9H. The van der Waals surface area contributed by atoms with Gasteiger partial charge in [-0.1, -0.05) is 42.5 Å². The van der Waals surface area contributed by atoms with Gasteiger partial charge in [0.25, 0.3) is 0 Å². The molecule has 0 radical (unpaired) electrons. The fourth-order valence-corrected chi connectivity index (χ4v) is 2.00. The molecule has 0 atom stereocenters. The van der Waals surface area contributed by atoms with Crippen molar-refractivity contribution in [1.29, 1.82) is 0 Å². The number of para-hydroxylation sites is 2. The second-order valence-electron chi connectivity index (χ2n) is 4.34. The molecule has 100 valence electrons. The van der Waals surface area contributed by atoms with Gasteiger partial charge in [-0.05, 0) is 24.3 Å². The Morgan fingerprint density at radius 1 is 0.800 bits per heavy atom. The minimum atomic E-state index is 0.705. The number of hydrogen-bond acceptors (Lipinski definition) is 3. The highest BCUT2D eigenvalue weighted by Crippen LogP contribution is 2.22. The summed E-state index contributed by atoms with van der Waals surface area (Å²) in [6, 6.07) is 15.9. The van der Waals surface area contributed by atoms with E-state index in [1.807, 2.05) is 60.7 Å². The summed E-state index contributed by atoms with van der Waals surface area (Å²) in [6.45, 7) is 0.705. The Bertz CT molecular complexity index is 589. The van der Waals surface area contributed by atoms with Crippen molar-refractivity contribution in [3.8, 4) is 11.5 Å². The molecule has 2 aromatic carbocycles. The third-order valence-corrected chi connectivity index (χ3v) is 2.97. The van der Waals surface area contributed by atoms with E-state index >= 15 is 0 Å². The molecule has 0 saturated carbocycles. The molecular formula is C17H15NO2. The van der Waals surface area contributed by atoms with Crippen LogP contribution in [-0.4, -0.2) is 6.61 Å². The number of fused-ring (bicyclic) bond motifs is 2. The molecular weight excluding hydrogens is 250 g/mol. The predicted molar refractivity (Wildman–Crippen MR) is 80.2 cm³/mol. The predicted octanol–water partition coefficient (Wildman–Crippen LogP) is 3.65. The molecule has 2 aliphatic heterocycles. The SMILES string of the molecule is C1=Cc2ccccc2OC1.C1=Cc2ccccc2ON1. The van der Waals surface area contributed by atoms with Crippen molar-refractivity contribution in [2.75, 3.05) is 6.61 Å². The fourth-order valence-electron chi connectivity index (χ4n) is 2.00. The second kappa shape index (κ2) is 5.97. The van der Waals surface area contributed by atoms with Gasteiger partial charge in [-0.3, -0.25) is 0 Å². The van der Waals surface area contributed by atoms with Gasteiger partial charge < -0.3 is 9.57 Å². The van der Waals surface area contributed by atoms with Crippen molar-refractivity contribution in [1.82, 2.24) is 5.48 Å². The van der Waals surface area contributed by atoms with Crippen LogP contribution in [0.1, 0.15) is 11.1 Å². The average Bonchev–Trinajstić information content (AvgIpc) is 2.56. The Balaban J connectivity index is 0.000000121. The number of hydrogen-bond donors (Lipinski definition) is 1. The number of hydroxylamine groups is 1. The Labute approximate surface area is 118 Å². The molecule has 1 N–H and O–H groups in total. The Kier molecular flexibility index (Phi) is 3.69. The lowest BCUT2D eigenvalue weighted by atomic mass is 10.1. The van der Waals surface area contributed by atoms with Crippen molar-refractivity contribution in [2.24, 2.45) is 0 Å². The molecule has 0 amide bonds. The molecule has 4 rings (SSSR count). The fraction of sp³-hybridized carbons (Fsp3) is 0.0588. The van der Waals surface area contributed by atoms with E-state index < -0.39 is 0 Å². The first-order valence-electron chi connectivity index (χ1n) is 6.50. The summed E-state index contributed by atoms with van der Waals surface area (Å²) in [5.41, 5.74) is 4.95. The van der Waals surface area contributed by atoms with Crippen LogP contribution < -0.4 is 15.1 Å². The molecule has 0 fully saturated rings. The molecule has 0 aliphatic carbocycles. The lowest BCUT2D eigenvalue weighted by Crippen LogP contribution is -2.13. The van der Waals surface area contributed by atoms with Crippen LogP contribution in [0.5, 0.6) is 11.5 Å². The quantitative estimate of drug-likeness (QED) is 0.788. The van der Waals surface area contributed by atoms with Gasteiger partial charge in [0, 0.05) is 17.3 Å². The van der Waals surface area contributed by atoms with Crippen molar-refractivity contribution >= 4 is 12.2 Å². The van der Waals surface area contributed by atoms with E-state index in [1.54, 1.807) is 6.20 Å². The lowest BCUT2D eigenvalue weighted by Gasteiger charge is -2.11. The van der Waals surface area contributed by atoms with Crippen molar-refractivity contribution in [2.45, 2.75) is 0 Å². The smallest absolute Gasteiger partial charge is 0.162 e. The van der Waals surface area contributed by atoms with Crippen LogP contribution in [0.2, 0.25) is 0 Å². The van der Waals surface area contributed by atoms with Gasteiger partial charge >= 0.3 is 0 Å². The zero-order chi connectivity index (χ0) is 13.6. The van der Waals surface area contributed by atoms with Crippen LogP contribution in [0, 0.1) is 0 Å². The van der Waals surface area contributed by atoms with Crippen LogP contribution >= 0.6 is 0 Å². The maximum atomic E-state index is 5.34. The van der Waals surface area contributed by atoms with E-state index in [1.165, 1.54) is 5.56 Å². The number of benzene rings is 2. The van der Waals surface area contributed by atoms with E-state index in [0.717, 1.165) is 17.1 Å². The molecule has 3 heteroatoms. The van der Waals surface area contributed by atoms with Crippen molar-refractivity contribution < 1.29 is 9.57 Å². The van der Waals surface area contributed by atoms with Crippen LogP contribution in [0.15, 0.2) is 60.8 Å². The maximum absolute atomic E-state index is 5.34. The van der Waals surface area contributed by atoms with E-state index in [0.29, 0.717) is 6.61 Å². The maximum Gasteiger partial charge on any atom is 0.162 e. The van der Waals surface area contributed by atoms with Gasteiger partial charge in [-0.15, -0.1) is 0 Å². The van der Waals surface area contributed by atoms with Gasteiger partial charge in [0.05, 0.1) is 0 Å². The third-order valence-electron chi connectivity index (χ3n) is 2.97. The van der Waals surface area contributed by atoms with E-state index in [9.17, 15) is 0 Å². The van der Waals surface area contributed by atoms with Gasteiger partial charge in [0.2, 0.25) is 0 Å². The van der Waals surface area contributed by atoms with Crippen LogP contribution in [0.3, 0.4) is 0 Å². The molecule has 0 aromatic heterocycles. The van der Waals surface area contributed by atoms with Crippen molar-refractivity contribution in [3.63, 3.8) is 0 Å². The topological polar surface area (TPSA) is 30.5 Å². The molecule has 0 bridgehead atoms. The highest BCUT2D eigenvalue weighted by atomic mass is 16.6. The Morgan fingerprint density at radius 3 is 2.25 bits per heavy atom. The lowest BCUT2D eigenvalue weighted by molar-refractivity contribution is 0.239. The van der Waals surface area contributed by atoms with Crippen molar-refractivity contribution in [3.05, 3.63) is 71.9 Å². The van der Waals surface area contributed by atoms with Crippen LogP contribution in [-0.2, 0) is 0 Å². The largest absolute Gasteiger partial charge is 0.489 e. The first-order chi connectivity index (χ1) is 9.93. The molecule has 3 nitrogen and oxygen atoms in total. The van der Waals surface area contributed by atoms with E-state index in [-0.39, 0.29) is 0 Å². The van der Waals surface area contributed by atoms with Gasteiger partial charge in [0.1, 0.15) is 12.4 Å². The highest BCUT2D eigenvalue weighted by Gasteiger charge is 2.02. The summed E-state index contributed by atoms with van der Waals surface area (Å²) in [5.74, 6) is 1.87. The third kappa shape index (κ3) is 2.83. The number of rotatable bonds is 0. The monoisotopic (exact) mass is 265 g/mol. The highest BCUT2D eigenvalue weighted by molar-refractivity contribution is 5.59. The molecule has 2 aromatic rings. The normalized spacial score (nSPS) is 13.6. The minimum absolute atomic E-state index is 0.705. The molecule has 0 saturated heterocycles. The average molecular weight is 265 g/mol. The van der Waals surface area contributed by atoms with Gasteiger partial charge in [0.15, 0.2) is 5.75 Å². The summed E-state index contributed by atoms with van der Waals surface area (Å²) in [7, 11) is 0. The molecule has 0 spiro atoms. The summed E-state index contributed by atoms with van der Waals surface area (Å²) >= 11 is 0. The molecule has 0 unspecified atom stereocenters.